The summed E-state index contributed by atoms with van der Waals surface area (Å²) < 4.78 is 23.8. The van der Waals surface area contributed by atoms with Gasteiger partial charge in [0.15, 0.2) is 11.5 Å². The molecule has 0 saturated carbocycles. The first-order valence-electron chi connectivity index (χ1n) is 10.6. The summed E-state index contributed by atoms with van der Waals surface area (Å²) >= 11 is 0. The van der Waals surface area contributed by atoms with Crippen molar-refractivity contribution in [2.24, 2.45) is 5.73 Å². The van der Waals surface area contributed by atoms with Crippen LogP contribution in [0.3, 0.4) is 0 Å². The number of allylic oxidation sites excluding steroid dienone is 1. The van der Waals surface area contributed by atoms with Crippen molar-refractivity contribution in [3.05, 3.63) is 62.9 Å². The van der Waals surface area contributed by atoms with Gasteiger partial charge in [-0.1, -0.05) is 6.07 Å². The number of rotatable bonds is 4. The number of nitrogens with two attached hydrogens (primary N) is 1. The van der Waals surface area contributed by atoms with Crippen LogP contribution in [-0.2, 0) is 11.3 Å². The van der Waals surface area contributed by atoms with Gasteiger partial charge in [0.25, 0.3) is 5.56 Å². The molecule has 4 heterocycles. The average Bonchev–Trinajstić information content (AvgIpc) is 3.26. The minimum Gasteiger partial charge on any atom is -0.454 e. The number of morpholine rings is 1. The molecule has 9 heteroatoms. The molecule has 9 nitrogen and oxygen atoms in total. The third kappa shape index (κ3) is 3.47. The van der Waals surface area contributed by atoms with Crippen LogP contribution in [0, 0.1) is 18.3 Å². The highest BCUT2D eigenvalue weighted by atomic mass is 16.7. The summed E-state index contributed by atoms with van der Waals surface area (Å²) in [6.07, 6.45) is 0. The molecule has 0 aliphatic carbocycles. The molecule has 32 heavy (non-hydrogen) atoms. The second-order valence-electron chi connectivity index (χ2n) is 8.01. The fourth-order valence-electron chi connectivity index (χ4n) is 4.46. The number of aryl methyl sites for hydroxylation is 1. The van der Waals surface area contributed by atoms with Gasteiger partial charge in [-0.3, -0.25) is 9.69 Å². The zero-order valence-electron chi connectivity index (χ0n) is 17.8. The van der Waals surface area contributed by atoms with E-state index in [1.807, 2.05) is 19.1 Å². The van der Waals surface area contributed by atoms with Crippen LogP contribution in [0.5, 0.6) is 17.2 Å². The first-order chi connectivity index (χ1) is 15.6. The molecule has 0 spiro atoms. The van der Waals surface area contributed by atoms with Crippen molar-refractivity contribution in [1.82, 2.24) is 9.47 Å². The van der Waals surface area contributed by atoms with Gasteiger partial charge < -0.3 is 29.2 Å². The van der Waals surface area contributed by atoms with Crippen molar-refractivity contribution in [2.75, 3.05) is 39.6 Å². The van der Waals surface area contributed by atoms with Gasteiger partial charge in [-0.05, 0) is 24.6 Å². The van der Waals surface area contributed by atoms with Gasteiger partial charge >= 0.3 is 0 Å². The van der Waals surface area contributed by atoms with E-state index in [4.69, 9.17) is 24.7 Å². The molecule has 0 amide bonds. The van der Waals surface area contributed by atoms with Crippen molar-refractivity contribution in [3.63, 3.8) is 0 Å². The van der Waals surface area contributed by atoms with Crippen molar-refractivity contribution in [2.45, 2.75) is 19.4 Å². The number of aromatic nitrogens is 1. The number of ether oxygens (including phenoxy) is 4. The summed E-state index contributed by atoms with van der Waals surface area (Å²) in [4.78, 5) is 16.0. The smallest absolute Gasteiger partial charge is 0.258 e. The molecule has 0 bridgehead atoms. The van der Waals surface area contributed by atoms with Gasteiger partial charge in [0.1, 0.15) is 17.4 Å². The van der Waals surface area contributed by atoms with E-state index in [1.165, 1.54) is 0 Å². The normalized spacial score (nSPS) is 19.9. The topological polar surface area (TPSA) is 112 Å². The van der Waals surface area contributed by atoms with Gasteiger partial charge in [-0.15, -0.1) is 0 Å². The maximum absolute atomic E-state index is 13.7. The highest BCUT2D eigenvalue weighted by Gasteiger charge is 2.35. The van der Waals surface area contributed by atoms with E-state index < -0.39 is 5.92 Å². The first-order valence-corrected chi connectivity index (χ1v) is 10.6. The summed E-state index contributed by atoms with van der Waals surface area (Å²) in [5, 5.41) is 9.85. The summed E-state index contributed by atoms with van der Waals surface area (Å²) in [5.41, 5.74) is 8.02. The molecule has 1 atom stereocenters. The lowest BCUT2D eigenvalue weighted by molar-refractivity contribution is 0.0362. The van der Waals surface area contributed by atoms with Crippen LogP contribution in [0.4, 0.5) is 0 Å². The number of benzene rings is 1. The number of nitriles is 1. The molecule has 3 aliphatic rings. The van der Waals surface area contributed by atoms with E-state index in [9.17, 15) is 10.1 Å². The van der Waals surface area contributed by atoms with E-state index in [1.54, 1.807) is 16.7 Å². The second-order valence-corrected chi connectivity index (χ2v) is 8.01. The van der Waals surface area contributed by atoms with E-state index in [2.05, 4.69) is 11.0 Å². The first kappa shape index (κ1) is 20.4. The Hall–Kier alpha value is -3.48. The van der Waals surface area contributed by atoms with Crippen molar-refractivity contribution >= 4 is 0 Å². The van der Waals surface area contributed by atoms with E-state index in [0.29, 0.717) is 42.6 Å². The maximum atomic E-state index is 13.7. The molecule has 5 rings (SSSR count). The molecule has 1 fully saturated rings. The fourth-order valence-corrected chi connectivity index (χ4v) is 4.46. The van der Waals surface area contributed by atoms with Crippen LogP contribution in [0.15, 0.2) is 40.5 Å². The lowest BCUT2D eigenvalue weighted by atomic mass is 9.84. The van der Waals surface area contributed by atoms with Crippen LogP contribution in [0.1, 0.15) is 22.7 Å². The summed E-state index contributed by atoms with van der Waals surface area (Å²) in [7, 11) is 0. The van der Waals surface area contributed by atoms with Crippen molar-refractivity contribution in [1.29, 1.82) is 5.26 Å². The molecular weight excluding hydrogens is 412 g/mol. The molecule has 1 aromatic heterocycles. The van der Waals surface area contributed by atoms with Crippen LogP contribution in [-0.4, -0.2) is 49.1 Å². The van der Waals surface area contributed by atoms with E-state index in [-0.39, 0.29) is 23.8 Å². The van der Waals surface area contributed by atoms with E-state index >= 15 is 0 Å². The van der Waals surface area contributed by atoms with Crippen molar-refractivity contribution in [3.8, 4) is 23.3 Å². The van der Waals surface area contributed by atoms with Crippen LogP contribution >= 0.6 is 0 Å². The summed E-state index contributed by atoms with van der Waals surface area (Å²) in [6.45, 7) is 6.38. The quantitative estimate of drug-likeness (QED) is 0.766. The zero-order valence-corrected chi connectivity index (χ0v) is 17.8. The molecule has 1 saturated heterocycles. The highest BCUT2D eigenvalue weighted by Crippen LogP contribution is 2.43. The number of pyridine rings is 1. The average molecular weight is 436 g/mol. The summed E-state index contributed by atoms with van der Waals surface area (Å²) in [6, 6.07) is 9.36. The van der Waals surface area contributed by atoms with Crippen LogP contribution < -0.4 is 25.5 Å². The number of fused-ring (bicyclic) bond motifs is 2. The van der Waals surface area contributed by atoms with Gasteiger partial charge in [-0.2, -0.15) is 5.26 Å². The monoisotopic (exact) mass is 436 g/mol. The number of hydrogen-bond acceptors (Lipinski definition) is 8. The molecule has 2 aromatic rings. The molecule has 2 N–H and O–H groups in total. The SMILES string of the molecule is Cc1cc2c(c(=O)n1CCN1CCOCC1)[C@H](c1ccc3c(c1)OCO3)C(C#N)=C(N)O2. The Morgan fingerprint density at radius 2 is 1.91 bits per heavy atom. The Balaban J connectivity index is 1.58. The lowest BCUT2D eigenvalue weighted by Gasteiger charge is -2.29. The largest absolute Gasteiger partial charge is 0.454 e. The van der Waals surface area contributed by atoms with Gasteiger partial charge in [0, 0.05) is 37.9 Å². The number of hydrogen-bond donors (Lipinski definition) is 1. The molecule has 0 unspecified atom stereocenters. The fraction of sp³-hybridized carbons (Fsp3) is 0.391. The van der Waals surface area contributed by atoms with Gasteiger partial charge in [0.05, 0.1) is 24.7 Å². The molecule has 0 radical (unpaired) electrons. The molecule has 3 aliphatic heterocycles. The zero-order chi connectivity index (χ0) is 22.2. The molecule has 166 valence electrons. The van der Waals surface area contributed by atoms with Gasteiger partial charge in [-0.25, -0.2) is 0 Å². The minimum absolute atomic E-state index is 0.00698. The standard InChI is InChI=1S/C23H24N4O5/c1-14-10-19-21(23(28)27(14)5-4-26-6-8-29-9-7-26)20(16(12-24)22(25)32-19)15-2-3-17-18(11-15)31-13-30-17/h2-3,10-11,20H,4-9,13,25H2,1H3/t20-/m1/s1. The number of nitrogens with zero attached hydrogens (tertiary/aromatic N) is 3. The minimum atomic E-state index is -0.652. The molecular formula is C23H24N4O5. The Labute approximate surface area is 185 Å². The molecule has 1 aromatic carbocycles. The van der Waals surface area contributed by atoms with Crippen LogP contribution in [0.25, 0.3) is 0 Å². The maximum Gasteiger partial charge on any atom is 0.258 e. The highest BCUT2D eigenvalue weighted by molar-refractivity contribution is 5.57. The lowest BCUT2D eigenvalue weighted by Crippen LogP contribution is -2.40. The Morgan fingerprint density at radius 3 is 2.69 bits per heavy atom. The Kier molecular flexibility index (Phi) is 5.25. The second kappa shape index (κ2) is 8.22. The predicted molar refractivity (Wildman–Crippen MR) is 115 cm³/mol. The van der Waals surface area contributed by atoms with Crippen molar-refractivity contribution < 1.29 is 18.9 Å². The third-order valence-electron chi connectivity index (χ3n) is 6.16. The van der Waals surface area contributed by atoms with Gasteiger partial charge in [0.2, 0.25) is 12.7 Å². The Bertz CT molecular complexity index is 1190. The van der Waals surface area contributed by atoms with Crippen LogP contribution in [0.2, 0.25) is 0 Å². The Morgan fingerprint density at radius 1 is 1.12 bits per heavy atom. The van der Waals surface area contributed by atoms with E-state index in [0.717, 1.165) is 30.9 Å². The third-order valence-corrected chi connectivity index (χ3v) is 6.16. The summed E-state index contributed by atoms with van der Waals surface area (Å²) in [5.74, 6) is 0.942. The predicted octanol–water partition coefficient (Wildman–Crippen LogP) is 1.44.